The molecule has 18 heavy (non-hydrogen) atoms. The minimum atomic E-state index is -0.877. The van der Waals surface area contributed by atoms with Crippen LogP contribution in [0.15, 0.2) is 0 Å². The summed E-state index contributed by atoms with van der Waals surface area (Å²) in [5.41, 5.74) is -0.877. The molecule has 0 aromatic rings. The fourth-order valence-corrected chi connectivity index (χ4v) is 2.68. The summed E-state index contributed by atoms with van der Waals surface area (Å²) in [5, 5.41) is 2.90. The Kier molecular flexibility index (Phi) is 5.63. The van der Waals surface area contributed by atoms with Gasteiger partial charge in [0.25, 0.3) is 0 Å². The van der Waals surface area contributed by atoms with Crippen molar-refractivity contribution in [1.82, 2.24) is 5.32 Å². The maximum absolute atomic E-state index is 12.2. The second-order valence-electron chi connectivity index (χ2n) is 5.40. The van der Waals surface area contributed by atoms with Crippen molar-refractivity contribution >= 4 is 11.9 Å². The molecule has 1 rings (SSSR count). The number of nitrogens with one attached hydrogen (secondary N) is 1. The van der Waals surface area contributed by atoms with Crippen LogP contribution in [0.5, 0.6) is 0 Å². The Morgan fingerprint density at radius 2 is 1.89 bits per heavy atom. The van der Waals surface area contributed by atoms with Gasteiger partial charge in [0.05, 0.1) is 7.11 Å². The molecule has 0 aromatic heterocycles. The lowest BCUT2D eigenvalue weighted by Crippen LogP contribution is -2.54. The Bertz CT molecular complexity index is 297. The molecule has 0 aliphatic heterocycles. The largest absolute Gasteiger partial charge is 0.467 e. The zero-order valence-corrected chi connectivity index (χ0v) is 11.8. The summed E-state index contributed by atoms with van der Waals surface area (Å²) in [6.07, 6.45) is 6.76. The lowest BCUT2D eigenvalue weighted by atomic mass is 9.87. The van der Waals surface area contributed by atoms with E-state index >= 15 is 0 Å². The van der Waals surface area contributed by atoms with Crippen LogP contribution in [0, 0.1) is 5.92 Å². The van der Waals surface area contributed by atoms with Crippen LogP contribution >= 0.6 is 0 Å². The molecular weight excluding hydrogens is 230 g/mol. The number of carbonyl (C=O) groups excluding carboxylic acids is 2. The highest BCUT2D eigenvalue weighted by atomic mass is 16.5. The van der Waals surface area contributed by atoms with Gasteiger partial charge in [-0.2, -0.15) is 0 Å². The molecule has 4 nitrogen and oxygen atoms in total. The number of hydrogen-bond donors (Lipinski definition) is 1. The molecule has 0 heterocycles. The van der Waals surface area contributed by atoms with Crippen molar-refractivity contribution in [3.63, 3.8) is 0 Å². The average Bonchev–Trinajstić information content (AvgIpc) is 2.39. The van der Waals surface area contributed by atoms with Gasteiger partial charge in [-0.1, -0.05) is 32.6 Å². The third-order valence-corrected chi connectivity index (χ3v) is 3.76. The third-order valence-electron chi connectivity index (χ3n) is 3.76. The maximum Gasteiger partial charge on any atom is 0.331 e. The van der Waals surface area contributed by atoms with Crippen LogP contribution in [0.25, 0.3) is 0 Å². The first-order valence-electron chi connectivity index (χ1n) is 6.94. The molecule has 0 spiro atoms. The highest BCUT2D eigenvalue weighted by Gasteiger charge is 2.36. The summed E-state index contributed by atoms with van der Waals surface area (Å²) in [7, 11) is 1.36. The van der Waals surface area contributed by atoms with Gasteiger partial charge < -0.3 is 10.1 Å². The van der Waals surface area contributed by atoms with E-state index in [1.807, 2.05) is 6.92 Å². The van der Waals surface area contributed by atoms with E-state index in [9.17, 15) is 9.59 Å². The fourth-order valence-electron chi connectivity index (χ4n) is 2.68. The zero-order valence-electron chi connectivity index (χ0n) is 11.8. The maximum atomic E-state index is 12.2. The van der Waals surface area contributed by atoms with Crippen molar-refractivity contribution in [3.05, 3.63) is 0 Å². The minimum absolute atomic E-state index is 0.0102. The Hall–Kier alpha value is -1.06. The van der Waals surface area contributed by atoms with Crippen molar-refractivity contribution in [3.8, 4) is 0 Å². The van der Waals surface area contributed by atoms with Crippen molar-refractivity contribution in [2.45, 2.75) is 64.3 Å². The van der Waals surface area contributed by atoms with Crippen LogP contribution < -0.4 is 5.32 Å². The van der Waals surface area contributed by atoms with Crippen LogP contribution in [0.1, 0.15) is 58.8 Å². The minimum Gasteiger partial charge on any atom is -0.467 e. The zero-order chi connectivity index (χ0) is 13.6. The standard InChI is InChI=1S/C14H25NO3/c1-4-10-14(2,13(17)18-3)15-12(16)11-8-6-5-7-9-11/h11H,4-10H2,1-3H3,(H,15,16). The molecule has 0 aromatic carbocycles. The molecule has 0 saturated heterocycles. The topological polar surface area (TPSA) is 55.4 Å². The van der Waals surface area contributed by atoms with Gasteiger partial charge in [-0.05, 0) is 26.2 Å². The van der Waals surface area contributed by atoms with E-state index in [1.54, 1.807) is 6.92 Å². The Morgan fingerprint density at radius 3 is 2.39 bits per heavy atom. The monoisotopic (exact) mass is 255 g/mol. The summed E-state index contributed by atoms with van der Waals surface area (Å²) < 4.78 is 4.80. The third kappa shape index (κ3) is 3.72. The predicted molar refractivity (Wildman–Crippen MR) is 70.0 cm³/mol. The molecule has 1 atom stereocenters. The molecule has 1 aliphatic rings. The van der Waals surface area contributed by atoms with E-state index in [0.717, 1.165) is 32.1 Å². The Labute approximate surface area is 109 Å². The molecule has 1 N–H and O–H groups in total. The Morgan fingerprint density at radius 1 is 1.28 bits per heavy atom. The van der Waals surface area contributed by atoms with Gasteiger partial charge >= 0.3 is 5.97 Å². The van der Waals surface area contributed by atoms with E-state index in [0.29, 0.717) is 6.42 Å². The number of esters is 1. The van der Waals surface area contributed by atoms with E-state index < -0.39 is 5.54 Å². The normalized spacial score (nSPS) is 19.9. The molecular formula is C14H25NO3. The molecule has 1 fully saturated rings. The second-order valence-corrected chi connectivity index (χ2v) is 5.40. The number of ether oxygens (including phenoxy) is 1. The summed E-state index contributed by atoms with van der Waals surface area (Å²) in [6, 6.07) is 0. The molecule has 1 unspecified atom stereocenters. The molecule has 1 aliphatic carbocycles. The highest BCUT2D eigenvalue weighted by molar-refractivity contribution is 5.88. The number of hydrogen-bond acceptors (Lipinski definition) is 3. The van der Waals surface area contributed by atoms with Crippen LogP contribution in [-0.4, -0.2) is 24.5 Å². The molecule has 1 amide bonds. The number of rotatable bonds is 5. The van der Waals surface area contributed by atoms with Crippen LogP contribution in [0.3, 0.4) is 0 Å². The Balaban J connectivity index is 2.64. The average molecular weight is 255 g/mol. The number of methoxy groups -OCH3 is 1. The van der Waals surface area contributed by atoms with E-state index in [2.05, 4.69) is 5.32 Å². The van der Waals surface area contributed by atoms with Gasteiger partial charge in [-0.3, -0.25) is 4.79 Å². The lowest BCUT2D eigenvalue weighted by molar-refractivity contribution is -0.151. The quantitative estimate of drug-likeness (QED) is 0.768. The van der Waals surface area contributed by atoms with E-state index in [1.165, 1.54) is 13.5 Å². The first-order valence-corrected chi connectivity index (χ1v) is 6.94. The van der Waals surface area contributed by atoms with E-state index in [4.69, 9.17) is 4.74 Å². The SMILES string of the molecule is CCCC(C)(NC(=O)C1CCCCC1)C(=O)OC. The van der Waals surface area contributed by atoms with Crippen LogP contribution in [-0.2, 0) is 14.3 Å². The van der Waals surface area contributed by atoms with Crippen LogP contribution in [0.4, 0.5) is 0 Å². The molecule has 0 radical (unpaired) electrons. The predicted octanol–water partition coefficient (Wildman–Crippen LogP) is 2.41. The molecule has 0 bridgehead atoms. The number of amides is 1. The van der Waals surface area contributed by atoms with Gasteiger partial charge in [0.2, 0.25) is 5.91 Å². The van der Waals surface area contributed by atoms with Gasteiger partial charge in [-0.25, -0.2) is 4.79 Å². The van der Waals surface area contributed by atoms with E-state index in [-0.39, 0.29) is 17.8 Å². The smallest absolute Gasteiger partial charge is 0.331 e. The molecule has 1 saturated carbocycles. The van der Waals surface area contributed by atoms with Gasteiger partial charge in [0, 0.05) is 5.92 Å². The van der Waals surface area contributed by atoms with Crippen molar-refractivity contribution < 1.29 is 14.3 Å². The lowest BCUT2D eigenvalue weighted by Gasteiger charge is -2.30. The second kappa shape index (κ2) is 6.76. The molecule has 4 heteroatoms. The first-order chi connectivity index (χ1) is 8.53. The summed E-state index contributed by atoms with van der Waals surface area (Å²) >= 11 is 0. The highest BCUT2D eigenvalue weighted by Crippen LogP contribution is 2.25. The first kappa shape index (κ1) is 15.0. The van der Waals surface area contributed by atoms with Crippen molar-refractivity contribution in [2.24, 2.45) is 5.92 Å². The van der Waals surface area contributed by atoms with Crippen molar-refractivity contribution in [2.75, 3.05) is 7.11 Å². The van der Waals surface area contributed by atoms with Gasteiger partial charge in [0.1, 0.15) is 5.54 Å². The number of carbonyl (C=O) groups is 2. The summed E-state index contributed by atoms with van der Waals surface area (Å²) in [6.45, 7) is 3.75. The van der Waals surface area contributed by atoms with Crippen molar-refractivity contribution in [1.29, 1.82) is 0 Å². The molecule has 104 valence electrons. The fraction of sp³-hybridized carbons (Fsp3) is 0.857. The summed E-state index contributed by atoms with van der Waals surface area (Å²) in [5.74, 6) is -0.274. The van der Waals surface area contributed by atoms with Gasteiger partial charge in [-0.15, -0.1) is 0 Å². The summed E-state index contributed by atoms with van der Waals surface area (Å²) in [4.78, 5) is 24.0. The van der Waals surface area contributed by atoms with Gasteiger partial charge in [0.15, 0.2) is 0 Å². The van der Waals surface area contributed by atoms with Crippen LogP contribution in [0.2, 0.25) is 0 Å².